The van der Waals surface area contributed by atoms with Gasteiger partial charge in [0.15, 0.2) is 11.5 Å². The highest BCUT2D eigenvalue weighted by Crippen LogP contribution is 2.34. The maximum absolute atomic E-state index is 12.2. The van der Waals surface area contributed by atoms with Gasteiger partial charge < -0.3 is 19.7 Å². The predicted molar refractivity (Wildman–Crippen MR) is 111 cm³/mol. The number of nitrogens with one attached hydrogen (secondary N) is 1. The second kappa shape index (κ2) is 7.90. The molecule has 1 aromatic carbocycles. The Balaban J connectivity index is 1.47. The van der Waals surface area contributed by atoms with E-state index in [2.05, 4.69) is 21.3 Å². The van der Waals surface area contributed by atoms with E-state index in [0.29, 0.717) is 10.6 Å². The highest BCUT2D eigenvalue weighted by Gasteiger charge is 2.20. The van der Waals surface area contributed by atoms with E-state index in [4.69, 9.17) is 9.47 Å². The first-order valence-corrected chi connectivity index (χ1v) is 9.85. The van der Waals surface area contributed by atoms with Gasteiger partial charge in [0.2, 0.25) is 0 Å². The van der Waals surface area contributed by atoms with Crippen molar-refractivity contribution < 1.29 is 14.3 Å². The van der Waals surface area contributed by atoms with Gasteiger partial charge in [-0.2, -0.15) is 0 Å². The number of anilines is 2. The van der Waals surface area contributed by atoms with Gasteiger partial charge in [0, 0.05) is 13.1 Å². The molecule has 2 aromatic heterocycles. The van der Waals surface area contributed by atoms with Gasteiger partial charge in [0.25, 0.3) is 5.91 Å². The number of pyridine rings is 1. The lowest BCUT2D eigenvalue weighted by Crippen LogP contribution is -2.31. The number of rotatable bonds is 5. The lowest BCUT2D eigenvalue weighted by atomic mass is 9.99. The number of ether oxygens (including phenoxy) is 2. The quantitative estimate of drug-likeness (QED) is 0.708. The van der Waals surface area contributed by atoms with Gasteiger partial charge in [0.05, 0.1) is 31.0 Å². The number of hydrogen-bond donors (Lipinski definition) is 1. The molecule has 0 fully saturated rings. The summed E-state index contributed by atoms with van der Waals surface area (Å²) < 4.78 is 10.8. The summed E-state index contributed by atoms with van der Waals surface area (Å²) in [5, 5.41) is 4.76. The molecule has 0 atom stereocenters. The maximum Gasteiger partial charge on any atom is 0.265 e. The summed E-state index contributed by atoms with van der Waals surface area (Å²) in [5.41, 5.74) is 3.17. The zero-order valence-electron chi connectivity index (χ0n) is 15.8. The number of hydrogen-bond acceptors (Lipinski definition) is 6. The number of amides is 1. The zero-order chi connectivity index (χ0) is 19.5. The van der Waals surface area contributed by atoms with Crippen LogP contribution in [-0.2, 0) is 13.0 Å². The van der Waals surface area contributed by atoms with Crippen molar-refractivity contribution in [3.05, 3.63) is 64.0 Å². The molecule has 6 nitrogen and oxygen atoms in total. The van der Waals surface area contributed by atoms with Crippen LogP contribution in [0.2, 0.25) is 0 Å². The van der Waals surface area contributed by atoms with Crippen molar-refractivity contribution in [2.45, 2.75) is 13.0 Å². The fraction of sp³-hybridized carbons (Fsp3) is 0.238. The molecular weight excluding hydrogens is 374 g/mol. The summed E-state index contributed by atoms with van der Waals surface area (Å²) in [5.74, 6) is 2.27. The summed E-state index contributed by atoms with van der Waals surface area (Å²) in [7, 11) is 3.30. The molecule has 4 rings (SSSR count). The van der Waals surface area contributed by atoms with Crippen molar-refractivity contribution in [1.82, 2.24) is 4.98 Å². The Labute approximate surface area is 167 Å². The number of nitrogens with zero attached hydrogens (tertiary/aromatic N) is 2. The lowest BCUT2D eigenvalue weighted by Gasteiger charge is -2.30. The average molecular weight is 395 g/mol. The Kier molecular flexibility index (Phi) is 5.16. The monoisotopic (exact) mass is 395 g/mol. The van der Waals surface area contributed by atoms with Crippen LogP contribution in [-0.4, -0.2) is 31.7 Å². The zero-order valence-corrected chi connectivity index (χ0v) is 16.6. The van der Waals surface area contributed by atoms with E-state index in [1.54, 1.807) is 26.5 Å². The van der Waals surface area contributed by atoms with Crippen LogP contribution in [0.3, 0.4) is 0 Å². The van der Waals surface area contributed by atoms with Gasteiger partial charge in [-0.15, -0.1) is 11.3 Å². The summed E-state index contributed by atoms with van der Waals surface area (Å²) in [6, 6.07) is 11.6. The minimum Gasteiger partial charge on any atom is -0.493 e. The van der Waals surface area contributed by atoms with Gasteiger partial charge >= 0.3 is 0 Å². The topological polar surface area (TPSA) is 63.7 Å². The molecule has 3 heterocycles. The fourth-order valence-corrected chi connectivity index (χ4v) is 3.95. The summed E-state index contributed by atoms with van der Waals surface area (Å²) >= 11 is 1.42. The Morgan fingerprint density at radius 2 is 1.93 bits per heavy atom. The van der Waals surface area contributed by atoms with Crippen molar-refractivity contribution in [2.75, 3.05) is 31.0 Å². The molecule has 28 heavy (non-hydrogen) atoms. The van der Waals surface area contributed by atoms with Crippen LogP contribution < -0.4 is 19.7 Å². The lowest BCUT2D eigenvalue weighted by molar-refractivity contribution is 0.103. The third-order valence-electron chi connectivity index (χ3n) is 4.79. The van der Waals surface area contributed by atoms with Crippen molar-refractivity contribution in [1.29, 1.82) is 0 Å². The molecule has 0 bridgehead atoms. The summed E-state index contributed by atoms with van der Waals surface area (Å²) in [4.78, 5) is 19.6. The van der Waals surface area contributed by atoms with Gasteiger partial charge in [0.1, 0.15) is 5.82 Å². The second-order valence-electron chi connectivity index (χ2n) is 6.48. The van der Waals surface area contributed by atoms with E-state index in [-0.39, 0.29) is 5.91 Å². The molecule has 3 aromatic rings. The molecule has 1 N–H and O–H groups in total. The van der Waals surface area contributed by atoms with Gasteiger partial charge in [-0.25, -0.2) is 4.98 Å². The van der Waals surface area contributed by atoms with Crippen LogP contribution >= 0.6 is 11.3 Å². The van der Waals surface area contributed by atoms with Gasteiger partial charge in [-0.05, 0) is 53.3 Å². The summed E-state index contributed by atoms with van der Waals surface area (Å²) in [6.07, 6.45) is 2.61. The van der Waals surface area contributed by atoms with Crippen LogP contribution in [0.1, 0.15) is 20.8 Å². The van der Waals surface area contributed by atoms with Gasteiger partial charge in [-0.3, -0.25) is 4.79 Å². The normalized spacial score (nSPS) is 13.0. The molecule has 0 aliphatic carbocycles. The Morgan fingerprint density at radius 3 is 2.57 bits per heavy atom. The minimum absolute atomic E-state index is 0.113. The standard InChI is InChI=1S/C21H21N3O3S/c1-26-17-10-14-7-8-24(13-15(14)11-18(17)27-2)20-6-5-16(12-22-20)23-21(25)19-4-3-9-28-19/h3-6,9-12H,7-8,13H2,1-2H3,(H,23,25). The largest absolute Gasteiger partial charge is 0.493 e. The SMILES string of the molecule is COc1cc2c(cc1OC)CN(c1ccc(NC(=O)c3cccs3)cn1)CC2. The molecule has 1 aliphatic rings. The minimum atomic E-state index is -0.113. The van der Waals surface area contributed by atoms with Crippen molar-refractivity contribution >= 4 is 28.7 Å². The first-order chi connectivity index (χ1) is 13.7. The van der Waals surface area contributed by atoms with E-state index in [1.165, 1.54) is 22.5 Å². The first-order valence-electron chi connectivity index (χ1n) is 8.97. The second-order valence-corrected chi connectivity index (χ2v) is 7.43. The number of thiophene rings is 1. The van der Waals surface area contributed by atoms with Crippen LogP contribution in [0.25, 0.3) is 0 Å². The fourth-order valence-electron chi connectivity index (χ4n) is 3.33. The number of methoxy groups -OCH3 is 2. The molecule has 0 spiro atoms. The number of aromatic nitrogens is 1. The van der Waals surface area contributed by atoms with Crippen molar-refractivity contribution in [3.8, 4) is 11.5 Å². The van der Waals surface area contributed by atoms with Crippen LogP contribution in [0.15, 0.2) is 48.0 Å². The Hall–Kier alpha value is -3.06. The van der Waals surface area contributed by atoms with E-state index < -0.39 is 0 Å². The van der Waals surface area contributed by atoms with Crippen LogP contribution in [0.4, 0.5) is 11.5 Å². The average Bonchev–Trinajstić information content (AvgIpc) is 3.28. The number of carbonyl (C=O) groups excluding carboxylic acids is 1. The third-order valence-corrected chi connectivity index (χ3v) is 5.66. The van der Waals surface area contributed by atoms with E-state index in [1.807, 2.05) is 29.6 Å². The third kappa shape index (κ3) is 3.66. The Morgan fingerprint density at radius 1 is 1.14 bits per heavy atom. The first kappa shape index (κ1) is 18.3. The Bertz CT molecular complexity index is 971. The van der Waals surface area contributed by atoms with Crippen LogP contribution in [0, 0.1) is 0 Å². The van der Waals surface area contributed by atoms with Crippen molar-refractivity contribution in [3.63, 3.8) is 0 Å². The molecule has 7 heteroatoms. The van der Waals surface area contributed by atoms with E-state index in [0.717, 1.165) is 36.8 Å². The van der Waals surface area contributed by atoms with E-state index >= 15 is 0 Å². The molecular formula is C21H21N3O3S. The molecule has 1 aliphatic heterocycles. The van der Waals surface area contributed by atoms with Gasteiger partial charge in [-0.1, -0.05) is 6.07 Å². The molecule has 0 saturated carbocycles. The van der Waals surface area contributed by atoms with E-state index in [9.17, 15) is 4.79 Å². The maximum atomic E-state index is 12.2. The highest BCUT2D eigenvalue weighted by molar-refractivity contribution is 7.12. The number of fused-ring (bicyclic) bond motifs is 1. The molecule has 144 valence electrons. The highest BCUT2D eigenvalue weighted by atomic mass is 32.1. The molecule has 0 radical (unpaired) electrons. The summed E-state index contributed by atoms with van der Waals surface area (Å²) in [6.45, 7) is 1.62. The molecule has 1 amide bonds. The number of benzene rings is 1. The molecule has 0 unspecified atom stereocenters. The van der Waals surface area contributed by atoms with Crippen molar-refractivity contribution in [2.24, 2.45) is 0 Å². The predicted octanol–water partition coefficient (Wildman–Crippen LogP) is 3.98. The number of carbonyl (C=O) groups is 1. The molecule has 0 saturated heterocycles. The smallest absolute Gasteiger partial charge is 0.265 e. The van der Waals surface area contributed by atoms with Crippen LogP contribution in [0.5, 0.6) is 11.5 Å².